The van der Waals surface area contributed by atoms with E-state index in [-0.39, 0.29) is 5.78 Å². The van der Waals surface area contributed by atoms with Crippen LogP contribution in [0.15, 0.2) is 66.7 Å². The van der Waals surface area contributed by atoms with Crippen LogP contribution in [0.25, 0.3) is 10.8 Å². The van der Waals surface area contributed by atoms with Crippen molar-refractivity contribution in [2.45, 2.75) is 5.88 Å². The molecule has 0 atom stereocenters. The van der Waals surface area contributed by atoms with Gasteiger partial charge in [-0.2, -0.15) is 0 Å². The van der Waals surface area contributed by atoms with Gasteiger partial charge in [0.1, 0.15) is 0 Å². The summed E-state index contributed by atoms with van der Waals surface area (Å²) in [7, 11) is 0. The van der Waals surface area contributed by atoms with E-state index >= 15 is 0 Å². The van der Waals surface area contributed by atoms with E-state index in [1.54, 1.807) is 0 Å². The highest BCUT2D eigenvalue weighted by atomic mass is 35.5. The zero-order valence-electron chi connectivity index (χ0n) is 10.8. The summed E-state index contributed by atoms with van der Waals surface area (Å²) in [6, 6.07) is 21.2. The smallest absolute Gasteiger partial charge is 0.193 e. The van der Waals surface area contributed by atoms with Crippen LogP contribution in [0.1, 0.15) is 21.5 Å². The van der Waals surface area contributed by atoms with Gasteiger partial charge in [0.2, 0.25) is 0 Å². The molecule has 0 aliphatic carbocycles. The zero-order valence-corrected chi connectivity index (χ0v) is 11.6. The first-order valence-electron chi connectivity index (χ1n) is 6.47. The van der Waals surface area contributed by atoms with Gasteiger partial charge in [0.25, 0.3) is 0 Å². The van der Waals surface area contributed by atoms with Crippen LogP contribution in [0.3, 0.4) is 0 Å². The lowest BCUT2D eigenvalue weighted by Crippen LogP contribution is -2.05. The number of hydrogen-bond acceptors (Lipinski definition) is 1. The molecule has 98 valence electrons. The number of carbonyl (C=O) groups is 1. The molecule has 0 amide bonds. The molecule has 20 heavy (non-hydrogen) atoms. The van der Waals surface area contributed by atoms with E-state index in [1.165, 1.54) is 0 Å². The van der Waals surface area contributed by atoms with Crippen molar-refractivity contribution >= 4 is 28.2 Å². The molecule has 0 unspecified atom stereocenters. The van der Waals surface area contributed by atoms with Gasteiger partial charge in [-0.15, -0.1) is 11.6 Å². The molecule has 0 fully saturated rings. The van der Waals surface area contributed by atoms with Gasteiger partial charge in [-0.3, -0.25) is 4.79 Å². The molecule has 3 aromatic rings. The lowest BCUT2D eigenvalue weighted by atomic mass is 9.95. The van der Waals surface area contributed by atoms with E-state index in [0.29, 0.717) is 11.4 Å². The molecule has 0 bridgehead atoms. The van der Waals surface area contributed by atoms with Crippen molar-refractivity contribution in [2.75, 3.05) is 0 Å². The summed E-state index contributed by atoms with van der Waals surface area (Å²) in [5, 5.41) is 2.05. The van der Waals surface area contributed by atoms with E-state index in [9.17, 15) is 4.79 Å². The first-order chi connectivity index (χ1) is 9.81. The molecule has 0 saturated heterocycles. The van der Waals surface area contributed by atoms with Crippen LogP contribution in [0, 0.1) is 0 Å². The largest absolute Gasteiger partial charge is 0.289 e. The Morgan fingerprint density at radius 2 is 1.45 bits per heavy atom. The van der Waals surface area contributed by atoms with Crippen LogP contribution < -0.4 is 0 Å². The second-order valence-electron chi connectivity index (χ2n) is 4.65. The van der Waals surface area contributed by atoms with Gasteiger partial charge in [-0.1, -0.05) is 66.7 Å². The normalized spacial score (nSPS) is 10.7. The molecular weight excluding hydrogens is 268 g/mol. The molecule has 3 aromatic carbocycles. The van der Waals surface area contributed by atoms with E-state index in [2.05, 4.69) is 0 Å². The number of ketones is 1. The Hall–Kier alpha value is -2.12. The third kappa shape index (κ3) is 2.21. The van der Waals surface area contributed by atoms with Crippen LogP contribution >= 0.6 is 11.6 Å². The standard InChI is InChI=1S/C18H13ClO/c19-12-14-7-2-4-10-16(14)18(20)17-11-5-8-13-6-1-3-9-15(13)17/h1-11H,12H2. The van der Waals surface area contributed by atoms with Crippen molar-refractivity contribution < 1.29 is 4.79 Å². The summed E-state index contributed by atoms with van der Waals surface area (Å²) >= 11 is 5.93. The maximum atomic E-state index is 12.8. The van der Waals surface area contributed by atoms with Gasteiger partial charge in [-0.25, -0.2) is 0 Å². The summed E-state index contributed by atoms with van der Waals surface area (Å²) in [6.07, 6.45) is 0. The predicted molar refractivity (Wildman–Crippen MR) is 83.4 cm³/mol. The average Bonchev–Trinajstić information content (AvgIpc) is 2.53. The number of halogens is 1. The molecule has 0 radical (unpaired) electrons. The molecule has 0 saturated carbocycles. The molecule has 2 heteroatoms. The first kappa shape index (κ1) is 12.9. The second kappa shape index (κ2) is 5.48. The van der Waals surface area contributed by atoms with Crippen molar-refractivity contribution in [1.82, 2.24) is 0 Å². The van der Waals surface area contributed by atoms with Crippen molar-refractivity contribution in [3.05, 3.63) is 83.4 Å². The van der Waals surface area contributed by atoms with E-state index < -0.39 is 0 Å². The third-order valence-corrected chi connectivity index (χ3v) is 3.73. The van der Waals surface area contributed by atoms with Crippen LogP contribution in [0.5, 0.6) is 0 Å². The quantitative estimate of drug-likeness (QED) is 0.497. The lowest BCUT2D eigenvalue weighted by Gasteiger charge is -2.08. The first-order valence-corrected chi connectivity index (χ1v) is 7.01. The Balaban J connectivity index is 2.18. The Morgan fingerprint density at radius 1 is 0.800 bits per heavy atom. The lowest BCUT2D eigenvalue weighted by molar-refractivity contribution is 0.103. The summed E-state index contributed by atoms with van der Waals surface area (Å²) < 4.78 is 0. The van der Waals surface area contributed by atoms with Crippen molar-refractivity contribution in [1.29, 1.82) is 0 Å². The van der Waals surface area contributed by atoms with E-state index in [1.807, 2.05) is 66.7 Å². The summed E-state index contributed by atoms with van der Waals surface area (Å²) in [5.74, 6) is 0.366. The number of rotatable bonds is 3. The monoisotopic (exact) mass is 280 g/mol. The number of hydrogen-bond donors (Lipinski definition) is 0. The van der Waals surface area contributed by atoms with Crippen molar-refractivity contribution in [3.63, 3.8) is 0 Å². The fraction of sp³-hybridized carbons (Fsp3) is 0.0556. The van der Waals surface area contributed by atoms with Gasteiger partial charge in [0.15, 0.2) is 5.78 Å². The highest BCUT2D eigenvalue weighted by molar-refractivity contribution is 6.20. The Labute approximate surface area is 122 Å². The predicted octanol–water partition coefficient (Wildman–Crippen LogP) is 4.81. The average molecular weight is 281 g/mol. The third-order valence-electron chi connectivity index (χ3n) is 3.44. The van der Waals surface area contributed by atoms with Crippen LogP contribution in [0.2, 0.25) is 0 Å². The molecule has 0 heterocycles. The molecule has 0 spiro atoms. The summed E-state index contributed by atoms with van der Waals surface area (Å²) in [6.45, 7) is 0. The minimum absolute atomic E-state index is 0.0260. The van der Waals surface area contributed by atoms with Crippen molar-refractivity contribution in [3.8, 4) is 0 Å². The molecule has 0 aliphatic heterocycles. The molecular formula is C18H13ClO. The minimum atomic E-state index is 0.0260. The molecule has 0 aromatic heterocycles. The minimum Gasteiger partial charge on any atom is -0.289 e. The van der Waals surface area contributed by atoms with Gasteiger partial charge >= 0.3 is 0 Å². The fourth-order valence-electron chi connectivity index (χ4n) is 2.43. The number of benzene rings is 3. The maximum absolute atomic E-state index is 12.8. The Morgan fingerprint density at radius 3 is 2.30 bits per heavy atom. The topological polar surface area (TPSA) is 17.1 Å². The molecule has 1 nitrogen and oxygen atoms in total. The molecule has 0 aliphatic rings. The zero-order chi connectivity index (χ0) is 13.9. The Kier molecular flexibility index (Phi) is 3.53. The van der Waals surface area contributed by atoms with Gasteiger partial charge < -0.3 is 0 Å². The second-order valence-corrected chi connectivity index (χ2v) is 4.91. The Bertz CT molecular complexity index is 772. The van der Waals surface area contributed by atoms with Gasteiger partial charge in [0.05, 0.1) is 0 Å². The summed E-state index contributed by atoms with van der Waals surface area (Å²) in [4.78, 5) is 12.8. The van der Waals surface area contributed by atoms with Crippen molar-refractivity contribution in [2.24, 2.45) is 0 Å². The van der Waals surface area contributed by atoms with Gasteiger partial charge in [0, 0.05) is 17.0 Å². The van der Waals surface area contributed by atoms with Crippen LogP contribution in [0.4, 0.5) is 0 Å². The highest BCUT2D eigenvalue weighted by Gasteiger charge is 2.14. The van der Waals surface area contributed by atoms with E-state index in [4.69, 9.17) is 11.6 Å². The summed E-state index contributed by atoms with van der Waals surface area (Å²) in [5.41, 5.74) is 2.27. The van der Waals surface area contributed by atoms with Crippen LogP contribution in [-0.4, -0.2) is 5.78 Å². The van der Waals surface area contributed by atoms with Crippen LogP contribution in [-0.2, 0) is 5.88 Å². The maximum Gasteiger partial charge on any atom is 0.193 e. The fourth-order valence-corrected chi connectivity index (χ4v) is 2.66. The number of fused-ring (bicyclic) bond motifs is 1. The molecule has 0 N–H and O–H groups in total. The number of carbonyl (C=O) groups excluding carboxylic acids is 1. The van der Waals surface area contributed by atoms with Gasteiger partial charge in [-0.05, 0) is 16.3 Å². The SMILES string of the molecule is O=C(c1ccccc1CCl)c1cccc2ccccc12. The highest BCUT2D eigenvalue weighted by Crippen LogP contribution is 2.23. The molecule has 3 rings (SSSR count). The van der Waals surface area contributed by atoms with E-state index in [0.717, 1.165) is 21.9 Å². The number of alkyl halides is 1.